The van der Waals surface area contributed by atoms with E-state index in [1.807, 2.05) is 73.7 Å². The van der Waals surface area contributed by atoms with E-state index in [0.29, 0.717) is 11.8 Å². The van der Waals surface area contributed by atoms with Gasteiger partial charge in [0.1, 0.15) is 0 Å². The fourth-order valence-corrected chi connectivity index (χ4v) is 4.02. The number of para-hydroxylation sites is 2. The molecule has 0 aliphatic rings. The zero-order chi connectivity index (χ0) is 22.9. The van der Waals surface area contributed by atoms with Crippen molar-refractivity contribution >= 4 is 11.0 Å². The Balaban J connectivity index is 1.25. The number of hydrogen-bond donors (Lipinski definition) is 0. The molecule has 0 fully saturated rings. The van der Waals surface area contributed by atoms with Gasteiger partial charge >= 0.3 is 0 Å². The molecular formula is C29H20N4O. The molecule has 0 atom stereocenters. The fourth-order valence-electron chi connectivity index (χ4n) is 4.02. The highest BCUT2D eigenvalue weighted by Crippen LogP contribution is 2.29. The van der Waals surface area contributed by atoms with Crippen LogP contribution < -0.4 is 0 Å². The fraction of sp³-hybridized carbons (Fsp3) is 0.0345. The molecule has 5 heteroatoms. The summed E-state index contributed by atoms with van der Waals surface area (Å²) in [5.74, 6) is 1.02. The van der Waals surface area contributed by atoms with E-state index < -0.39 is 0 Å². The van der Waals surface area contributed by atoms with Crippen molar-refractivity contribution in [2.75, 3.05) is 0 Å². The molecule has 4 aromatic carbocycles. The number of rotatable bonds is 4. The SMILES string of the molecule is Cc1nc2ccccc2nc1-c1ccc(-c2ccc(-c3nnc(-c4ccccc4)o3)cc2)cc1. The summed E-state index contributed by atoms with van der Waals surface area (Å²) in [6.45, 7) is 2.00. The molecule has 0 unspecified atom stereocenters. The second-order valence-electron chi connectivity index (χ2n) is 8.08. The highest BCUT2D eigenvalue weighted by Gasteiger charge is 2.11. The van der Waals surface area contributed by atoms with Crippen molar-refractivity contribution in [3.05, 3.63) is 109 Å². The Hall–Kier alpha value is -4.64. The van der Waals surface area contributed by atoms with E-state index in [9.17, 15) is 0 Å². The van der Waals surface area contributed by atoms with Gasteiger partial charge < -0.3 is 4.42 Å². The lowest BCUT2D eigenvalue weighted by Gasteiger charge is -2.08. The van der Waals surface area contributed by atoms with Gasteiger partial charge in [-0.3, -0.25) is 0 Å². The molecular weight excluding hydrogens is 420 g/mol. The summed E-state index contributed by atoms with van der Waals surface area (Å²) in [5.41, 5.74) is 8.72. The number of aromatic nitrogens is 4. The average molecular weight is 441 g/mol. The van der Waals surface area contributed by atoms with Crippen LogP contribution >= 0.6 is 0 Å². The lowest BCUT2D eigenvalue weighted by Crippen LogP contribution is -1.94. The highest BCUT2D eigenvalue weighted by atomic mass is 16.4. The molecule has 0 radical (unpaired) electrons. The summed E-state index contributed by atoms with van der Waals surface area (Å²) in [6.07, 6.45) is 0. The first-order valence-electron chi connectivity index (χ1n) is 11.1. The quantitative estimate of drug-likeness (QED) is 0.296. The minimum atomic E-state index is 0.506. The Morgan fingerprint density at radius 1 is 0.471 bits per heavy atom. The maximum Gasteiger partial charge on any atom is 0.248 e. The molecule has 34 heavy (non-hydrogen) atoms. The van der Waals surface area contributed by atoms with E-state index in [2.05, 4.69) is 46.6 Å². The van der Waals surface area contributed by atoms with Gasteiger partial charge in [0, 0.05) is 16.7 Å². The monoisotopic (exact) mass is 440 g/mol. The topological polar surface area (TPSA) is 64.7 Å². The van der Waals surface area contributed by atoms with Gasteiger partial charge in [-0.05, 0) is 54.4 Å². The minimum absolute atomic E-state index is 0.506. The first kappa shape index (κ1) is 20.0. The van der Waals surface area contributed by atoms with Gasteiger partial charge in [-0.2, -0.15) is 0 Å². The number of aryl methyl sites for hydroxylation is 1. The van der Waals surface area contributed by atoms with Crippen molar-refractivity contribution in [3.63, 3.8) is 0 Å². The maximum absolute atomic E-state index is 5.87. The van der Waals surface area contributed by atoms with E-state index in [1.54, 1.807) is 0 Å². The minimum Gasteiger partial charge on any atom is -0.416 e. The van der Waals surface area contributed by atoms with E-state index in [4.69, 9.17) is 14.4 Å². The second-order valence-corrected chi connectivity index (χ2v) is 8.08. The van der Waals surface area contributed by atoms with Crippen LogP contribution in [-0.4, -0.2) is 20.2 Å². The molecule has 162 valence electrons. The van der Waals surface area contributed by atoms with Crippen LogP contribution in [0.4, 0.5) is 0 Å². The van der Waals surface area contributed by atoms with Crippen molar-refractivity contribution in [3.8, 4) is 45.3 Å². The van der Waals surface area contributed by atoms with Crippen molar-refractivity contribution in [2.24, 2.45) is 0 Å². The summed E-state index contributed by atoms with van der Waals surface area (Å²) in [6, 6.07) is 34.3. The summed E-state index contributed by atoms with van der Waals surface area (Å²) in [4.78, 5) is 9.54. The number of benzene rings is 4. The number of nitrogens with zero attached hydrogens (tertiary/aromatic N) is 4. The van der Waals surface area contributed by atoms with Gasteiger partial charge in [-0.1, -0.05) is 66.7 Å². The van der Waals surface area contributed by atoms with Crippen LogP contribution in [0.25, 0.3) is 56.3 Å². The normalized spacial score (nSPS) is 11.1. The van der Waals surface area contributed by atoms with Crippen LogP contribution in [0, 0.1) is 6.92 Å². The van der Waals surface area contributed by atoms with E-state index >= 15 is 0 Å². The standard InChI is InChI=1S/C29H20N4O/c1-19-27(31-26-10-6-5-9-25(26)30-19)22-15-11-20(12-16-22)21-13-17-24(18-14-21)29-33-32-28(34-29)23-7-3-2-4-8-23/h2-18H,1H3. The Morgan fingerprint density at radius 2 is 0.941 bits per heavy atom. The van der Waals surface area contributed by atoms with E-state index in [-0.39, 0.29) is 0 Å². The molecule has 0 saturated carbocycles. The zero-order valence-electron chi connectivity index (χ0n) is 18.5. The highest BCUT2D eigenvalue weighted by molar-refractivity contribution is 5.79. The molecule has 6 rings (SSSR count). The maximum atomic E-state index is 5.87. The molecule has 2 heterocycles. The Kier molecular flexibility index (Phi) is 4.92. The Morgan fingerprint density at radius 3 is 1.56 bits per heavy atom. The van der Waals surface area contributed by atoms with Crippen molar-refractivity contribution in [1.82, 2.24) is 20.2 Å². The van der Waals surface area contributed by atoms with Crippen molar-refractivity contribution in [2.45, 2.75) is 6.92 Å². The van der Waals surface area contributed by atoms with Crippen LogP contribution in [-0.2, 0) is 0 Å². The summed E-state index contributed by atoms with van der Waals surface area (Å²) < 4.78 is 5.87. The Labute approximate surface area is 196 Å². The third-order valence-corrected chi connectivity index (χ3v) is 5.81. The van der Waals surface area contributed by atoms with Crippen LogP contribution in [0.2, 0.25) is 0 Å². The molecule has 0 aliphatic carbocycles. The van der Waals surface area contributed by atoms with Gasteiger partial charge in [0.25, 0.3) is 0 Å². The Bertz CT molecular complexity index is 1590. The molecule has 0 amide bonds. The summed E-state index contributed by atoms with van der Waals surface area (Å²) in [7, 11) is 0. The van der Waals surface area contributed by atoms with Crippen molar-refractivity contribution < 1.29 is 4.42 Å². The van der Waals surface area contributed by atoms with Crippen LogP contribution in [0.15, 0.2) is 108 Å². The molecule has 0 saturated heterocycles. The van der Waals surface area contributed by atoms with E-state index in [1.165, 1.54) is 0 Å². The lowest BCUT2D eigenvalue weighted by molar-refractivity contribution is 0.584. The molecule has 2 aromatic heterocycles. The second kappa shape index (κ2) is 8.37. The van der Waals surface area contributed by atoms with E-state index in [0.717, 1.165) is 50.2 Å². The van der Waals surface area contributed by atoms with Gasteiger partial charge in [-0.25, -0.2) is 9.97 Å². The van der Waals surface area contributed by atoms with Gasteiger partial charge in [0.05, 0.1) is 22.4 Å². The van der Waals surface area contributed by atoms with Crippen LogP contribution in [0.5, 0.6) is 0 Å². The van der Waals surface area contributed by atoms with Gasteiger partial charge in [0.15, 0.2) is 0 Å². The summed E-state index contributed by atoms with van der Waals surface area (Å²) >= 11 is 0. The van der Waals surface area contributed by atoms with Crippen LogP contribution in [0.1, 0.15) is 5.69 Å². The third-order valence-electron chi connectivity index (χ3n) is 5.81. The predicted molar refractivity (Wildman–Crippen MR) is 134 cm³/mol. The third kappa shape index (κ3) is 3.73. The molecule has 5 nitrogen and oxygen atoms in total. The lowest BCUT2D eigenvalue weighted by atomic mass is 10.0. The predicted octanol–water partition coefficient (Wildman–Crippen LogP) is 6.99. The number of fused-ring (bicyclic) bond motifs is 1. The molecule has 0 N–H and O–H groups in total. The first-order valence-corrected chi connectivity index (χ1v) is 11.1. The largest absolute Gasteiger partial charge is 0.416 e. The molecule has 6 aromatic rings. The van der Waals surface area contributed by atoms with Crippen molar-refractivity contribution in [1.29, 1.82) is 0 Å². The molecule has 0 aliphatic heterocycles. The summed E-state index contributed by atoms with van der Waals surface area (Å²) in [5, 5.41) is 8.39. The van der Waals surface area contributed by atoms with Gasteiger partial charge in [-0.15, -0.1) is 10.2 Å². The first-order chi connectivity index (χ1) is 16.7. The average Bonchev–Trinajstić information content (AvgIpc) is 3.40. The van der Waals surface area contributed by atoms with Gasteiger partial charge in [0.2, 0.25) is 11.8 Å². The smallest absolute Gasteiger partial charge is 0.248 e. The zero-order valence-corrected chi connectivity index (χ0v) is 18.5. The van der Waals surface area contributed by atoms with Crippen LogP contribution in [0.3, 0.4) is 0 Å². The molecule has 0 bridgehead atoms. The number of hydrogen-bond acceptors (Lipinski definition) is 5. The molecule has 0 spiro atoms.